The van der Waals surface area contributed by atoms with E-state index in [4.69, 9.17) is 4.42 Å². The first kappa shape index (κ1) is 32.0. The zero-order valence-corrected chi connectivity index (χ0v) is 30.7. The van der Waals surface area contributed by atoms with E-state index < -0.39 is 0 Å². The van der Waals surface area contributed by atoms with Gasteiger partial charge in [0.1, 0.15) is 11.2 Å². The second-order valence-electron chi connectivity index (χ2n) is 15.6. The fourth-order valence-corrected chi connectivity index (χ4v) is 9.78. The summed E-state index contributed by atoms with van der Waals surface area (Å²) < 4.78 is 6.82. The van der Waals surface area contributed by atoms with Gasteiger partial charge in [0.2, 0.25) is 0 Å². The Morgan fingerprint density at radius 1 is 0.364 bits per heavy atom. The molecular formula is C54H40O. The molecule has 0 N–H and O–H groups in total. The molecule has 1 aromatic heterocycles. The van der Waals surface area contributed by atoms with Crippen molar-refractivity contribution in [1.82, 2.24) is 0 Å². The second kappa shape index (κ2) is 13.1. The van der Waals surface area contributed by atoms with Crippen LogP contribution in [0.25, 0.3) is 76.5 Å². The van der Waals surface area contributed by atoms with Gasteiger partial charge in [0.05, 0.1) is 0 Å². The van der Waals surface area contributed by atoms with Crippen LogP contribution in [0.1, 0.15) is 53.7 Å². The normalized spacial score (nSPS) is 17.4. The van der Waals surface area contributed by atoms with Crippen molar-refractivity contribution in [3.05, 3.63) is 205 Å². The Hall–Kier alpha value is -6.44. The van der Waals surface area contributed by atoms with Gasteiger partial charge in [-0.2, -0.15) is 0 Å². The third-order valence-electron chi connectivity index (χ3n) is 12.5. The third kappa shape index (κ3) is 5.62. The van der Waals surface area contributed by atoms with Crippen molar-refractivity contribution in [3.63, 3.8) is 0 Å². The first-order chi connectivity index (χ1) is 27.2. The molecule has 11 rings (SSSR count). The highest BCUT2D eigenvalue weighted by Gasteiger charge is 2.33. The monoisotopic (exact) mass is 704 g/mol. The molecule has 0 saturated heterocycles. The lowest BCUT2D eigenvalue weighted by atomic mass is 9.68. The summed E-state index contributed by atoms with van der Waals surface area (Å²) >= 11 is 0. The number of fused-ring (bicyclic) bond motifs is 7. The van der Waals surface area contributed by atoms with E-state index in [1.165, 1.54) is 82.0 Å². The second-order valence-corrected chi connectivity index (χ2v) is 15.6. The van der Waals surface area contributed by atoms with Crippen molar-refractivity contribution in [3.8, 4) is 22.3 Å². The number of hydrogen-bond donors (Lipinski definition) is 0. The van der Waals surface area contributed by atoms with E-state index in [-0.39, 0.29) is 0 Å². The summed E-state index contributed by atoms with van der Waals surface area (Å²) in [5.41, 5.74) is 11.2. The zero-order chi connectivity index (χ0) is 36.3. The van der Waals surface area contributed by atoms with Gasteiger partial charge in [0.15, 0.2) is 0 Å². The summed E-state index contributed by atoms with van der Waals surface area (Å²) in [5.74, 6) is 1.28. The largest absolute Gasteiger partial charge is 0.455 e. The maximum Gasteiger partial charge on any atom is 0.143 e. The van der Waals surface area contributed by atoms with Crippen LogP contribution in [0, 0.1) is 0 Å². The minimum atomic E-state index is 0.382. The highest BCUT2D eigenvalue weighted by molar-refractivity contribution is 6.20. The van der Waals surface area contributed by atoms with Gasteiger partial charge in [-0.3, -0.25) is 0 Å². The molecule has 1 heteroatoms. The predicted molar refractivity (Wildman–Crippen MR) is 232 cm³/mol. The van der Waals surface area contributed by atoms with Crippen LogP contribution in [-0.2, 0) is 0 Å². The Morgan fingerprint density at radius 2 is 0.982 bits per heavy atom. The Labute approximate surface area is 321 Å². The highest BCUT2D eigenvalue weighted by Crippen LogP contribution is 2.51. The molecule has 262 valence electrons. The zero-order valence-electron chi connectivity index (χ0n) is 30.7. The van der Waals surface area contributed by atoms with Gasteiger partial charge >= 0.3 is 0 Å². The van der Waals surface area contributed by atoms with Gasteiger partial charge in [0, 0.05) is 16.2 Å². The molecule has 1 nitrogen and oxygen atoms in total. The molecule has 1 fully saturated rings. The summed E-state index contributed by atoms with van der Waals surface area (Å²) in [6.07, 6.45) is 3.38. The molecular weight excluding hydrogens is 665 g/mol. The first-order valence-corrected chi connectivity index (χ1v) is 19.7. The molecule has 1 aliphatic carbocycles. The van der Waals surface area contributed by atoms with Crippen LogP contribution in [0.2, 0.25) is 0 Å². The van der Waals surface area contributed by atoms with Gasteiger partial charge in [-0.25, -0.2) is 0 Å². The van der Waals surface area contributed by atoms with E-state index in [0.717, 1.165) is 30.4 Å². The Balaban J connectivity index is 1.05. The lowest BCUT2D eigenvalue weighted by Gasteiger charge is -2.36. The fraction of sp³-hybridized carbons (Fsp3) is 0.111. The van der Waals surface area contributed by atoms with E-state index in [9.17, 15) is 0 Å². The van der Waals surface area contributed by atoms with Crippen LogP contribution >= 0.6 is 0 Å². The van der Waals surface area contributed by atoms with Crippen LogP contribution in [0.5, 0.6) is 0 Å². The minimum absolute atomic E-state index is 0.382. The van der Waals surface area contributed by atoms with Gasteiger partial charge < -0.3 is 4.42 Å². The molecule has 0 bridgehead atoms. The van der Waals surface area contributed by atoms with Crippen molar-refractivity contribution in [2.45, 2.75) is 37.0 Å². The topological polar surface area (TPSA) is 13.1 Å². The van der Waals surface area contributed by atoms with Crippen LogP contribution in [0.4, 0.5) is 0 Å². The molecule has 1 saturated carbocycles. The summed E-state index contributed by atoms with van der Waals surface area (Å²) in [6, 6.07) is 69.6. The third-order valence-corrected chi connectivity index (χ3v) is 12.5. The average Bonchev–Trinajstić information content (AvgIpc) is 3.65. The molecule has 0 spiro atoms. The smallest absolute Gasteiger partial charge is 0.143 e. The lowest BCUT2D eigenvalue weighted by Crippen LogP contribution is -2.20. The maximum atomic E-state index is 6.82. The molecule has 55 heavy (non-hydrogen) atoms. The molecule has 0 aliphatic heterocycles. The average molecular weight is 705 g/mol. The molecule has 10 aromatic rings. The maximum absolute atomic E-state index is 6.82. The molecule has 1 heterocycles. The Morgan fingerprint density at radius 3 is 1.84 bits per heavy atom. The summed E-state index contributed by atoms with van der Waals surface area (Å²) in [5, 5.41) is 10.0. The summed E-state index contributed by atoms with van der Waals surface area (Å²) in [7, 11) is 0. The molecule has 0 radical (unpaired) electrons. The van der Waals surface area contributed by atoms with Gasteiger partial charge in [-0.1, -0.05) is 164 Å². The van der Waals surface area contributed by atoms with E-state index in [1.807, 2.05) is 0 Å². The van der Waals surface area contributed by atoms with Crippen molar-refractivity contribution in [1.29, 1.82) is 0 Å². The van der Waals surface area contributed by atoms with E-state index in [1.54, 1.807) is 0 Å². The van der Waals surface area contributed by atoms with E-state index in [2.05, 4.69) is 188 Å². The van der Waals surface area contributed by atoms with Gasteiger partial charge in [-0.05, 0) is 127 Å². The van der Waals surface area contributed by atoms with Crippen molar-refractivity contribution >= 4 is 54.3 Å². The summed E-state index contributed by atoms with van der Waals surface area (Å²) in [6.45, 7) is 0. The SMILES string of the molecule is c1ccc(-c2ccc3cc(C4CC(c5ccccc5)CC(c5cc6c(oc7cccc(-c8ccc9ccccc9c8)c76)c6ccccc56)C4)ccc3c2)cc1. The molecule has 3 atom stereocenters. The van der Waals surface area contributed by atoms with Crippen molar-refractivity contribution < 1.29 is 4.42 Å². The quantitative estimate of drug-likeness (QED) is 0.174. The number of furan rings is 1. The number of benzene rings is 9. The van der Waals surface area contributed by atoms with Crippen molar-refractivity contribution in [2.24, 2.45) is 0 Å². The first-order valence-electron chi connectivity index (χ1n) is 19.7. The van der Waals surface area contributed by atoms with Gasteiger partial charge in [-0.15, -0.1) is 0 Å². The number of hydrogen-bond acceptors (Lipinski definition) is 1. The predicted octanol–water partition coefficient (Wildman–Crippen LogP) is 15.2. The van der Waals surface area contributed by atoms with E-state index in [0.29, 0.717) is 17.8 Å². The minimum Gasteiger partial charge on any atom is -0.455 e. The Kier molecular flexibility index (Phi) is 7.66. The summed E-state index contributed by atoms with van der Waals surface area (Å²) in [4.78, 5) is 0. The lowest BCUT2D eigenvalue weighted by molar-refractivity contribution is 0.353. The number of rotatable bonds is 5. The van der Waals surface area contributed by atoms with Crippen LogP contribution in [-0.4, -0.2) is 0 Å². The van der Waals surface area contributed by atoms with E-state index >= 15 is 0 Å². The highest BCUT2D eigenvalue weighted by atomic mass is 16.3. The fourth-order valence-electron chi connectivity index (χ4n) is 9.78. The van der Waals surface area contributed by atoms with Crippen LogP contribution in [0.15, 0.2) is 192 Å². The molecule has 0 amide bonds. The molecule has 3 unspecified atom stereocenters. The van der Waals surface area contributed by atoms with Gasteiger partial charge in [0.25, 0.3) is 0 Å². The standard InChI is InChI=1S/C54H40O/c1-3-12-35(13-4-1)39-23-24-41-29-42(26-25-40(41)28-39)45-31-44(36-14-5-2-6-15-36)32-46(33-45)50-34-51-53-47(43-27-22-37-16-7-8-17-38(37)30-43)20-11-21-52(53)55-54(51)49-19-10-9-18-48(49)50/h1-30,34,44-46H,31-33H2. The Bertz CT molecular complexity index is 3030. The van der Waals surface area contributed by atoms with Crippen LogP contribution in [0.3, 0.4) is 0 Å². The molecule has 1 aliphatic rings. The molecule has 9 aromatic carbocycles. The van der Waals surface area contributed by atoms with Crippen molar-refractivity contribution in [2.75, 3.05) is 0 Å². The van der Waals surface area contributed by atoms with Crippen LogP contribution < -0.4 is 0 Å².